The Morgan fingerprint density at radius 3 is 2.78 bits per heavy atom. The summed E-state index contributed by atoms with van der Waals surface area (Å²) in [7, 11) is 2.08. The molecule has 0 unspecified atom stereocenters. The Morgan fingerprint density at radius 1 is 1.16 bits per heavy atom. The number of nitrogens with one attached hydrogen (secondary N) is 1. The van der Waals surface area contributed by atoms with Crippen LogP contribution in [0, 0.1) is 5.82 Å². The first-order chi connectivity index (χ1) is 15.6. The number of hydrogen-bond acceptors (Lipinski definition) is 5. The minimum Gasteiger partial charge on any atom is -0.472 e. The van der Waals surface area contributed by atoms with Gasteiger partial charge in [-0.3, -0.25) is 14.4 Å². The van der Waals surface area contributed by atoms with Gasteiger partial charge in [-0.25, -0.2) is 9.37 Å². The molecule has 7 nitrogen and oxygen atoms in total. The number of anilines is 1. The van der Waals surface area contributed by atoms with Crippen LogP contribution < -0.4 is 5.32 Å². The van der Waals surface area contributed by atoms with Gasteiger partial charge in [-0.05, 0) is 60.6 Å². The first-order valence-electron chi connectivity index (χ1n) is 10.4. The molecule has 0 spiro atoms. The Kier molecular flexibility index (Phi) is 5.28. The van der Waals surface area contributed by atoms with E-state index >= 15 is 0 Å². The van der Waals surface area contributed by atoms with E-state index < -0.39 is 0 Å². The molecule has 0 fully saturated rings. The monoisotopic (exact) mass is 431 g/mol. The summed E-state index contributed by atoms with van der Waals surface area (Å²) in [5.74, 6) is 0.00211. The molecule has 0 saturated carbocycles. The fourth-order valence-electron chi connectivity index (χ4n) is 3.98. The van der Waals surface area contributed by atoms with Crippen molar-refractivity contribution in [1.29, 1.82) is 0 Å². The van der Waals surface area contributed by atoms with Crippen LogP contribution in [0.3, 0.4) is 0 Å². The van der Waals surface area contributed by atoms with Gasteiger partial charge < -0.3 is 9.73 Å². The summed E-state index contributed by atoms with van der Waals surface area (Å²) in [4.78, 5) is 19.0. The fourth-order valence-corrected chi connectivity index (χ4v) is 3.98. The Morgan fingerprint density at radius 2 is 2.00 bits per heavy atom. The summed E-state index contributed by atoms with van der Waals surface area (Å²) in [6.45, 7) is 2.43. The standard InChI is InChI=1S/C24H22FN5O2/c1-29-9-10-30-20(14-29)23(24(28-30)17-2-4-19(25)5-3-17)18-6-8-26-21(13-18)27-22(31)12-16-7-11-32-15-16/h2-8,11,13,15H,9-10,12,14H2,1H3,(H,26,27,31). The minimum absolute atomic E-state index is 0.174. The van der Waals surface area contributed by atoms with Crippen molar-refractivity contribution >= 4 is 11.7 Å². The zero-order chi connectivity index (χ0) is 22.1. The van der Waals surface area contributed by atoms with Crippen molar-refractivity contribution in [1.82, 2.24) is 19.7 Å². The normalized spacial score (nSPS) is 13.7. The van der Waals surface area contributed by atoms with E-state index in [0.717, 1.165) is 53.3 Å². The number of amides is 1. The molecule has 1 aliphatic rings. The molecule has 1 amide bonds. The second kappa shape index (κ2) is 8.39. The van der Waals surface area contributed by atoms with Gasteiger partial charge in [-0.2, -0.15) is 5.10 Å². The van der Waals surface area contributed by atoms with Gasteiger partial charge in [-0.1, -0.05) is 0 Å². The van der Waals surface area contributed by atoms with Crippen LogP contribution in [0.4, 0.5) is 10.2 Å². The van der Waals surface area contributed by atoms with E-state index in [9.17, 15) is 9.18 Å². The highest BCUT2D eigenvalue weighted by Gasteiger charge is 2.25. The lowest BCUT2D eigenvalue weighted by atomic mass is 9.98. The molecule has 0 saturated heterocycles. The molecule has 0 aliphatic carbocycles. The van der Waals surface area contributed by atoms with E-state index in [1.54, 1.807) is 36.9 Å². The maximum Gasteiger partial charge on any atom is 0.230 e. The largest absolute Gasteiger partial charge is 0.472 e. The number of benzene rings is 1. The van der Waals surface area contributed by atoms with Crippen LogP contribution in [0.2, 0.25) is 0 Å². The number of rotatable bonds is 5. The predicted molar refractivity (Wildman–Crippen MR) is 118 cm³/mol. The van der Waals surface area contributed by atoms with Gasteiger partial charge in [0, 0.05) is 30.4 Å². The van der Waals surface area contributed by atoms with Crippen molar-refractivity contribution < 1.29 is 13.6 Å². The van der Waals surface area contributed by atoms with Crippen molar-refractivity contribution in [3.8, 4) is 22.4 Å². The molecule has 1 aromatic carbocycles. The zero-order valence-corrected chi connectivity index (χ0v) is 17.6. The molecule has 162 valence electrons. The average Bonchev–Trinajstić information content (AvgIpc) is 3.41. The van der Waals surface area contributed by atoms with Crippen LogP contribution in [-0.2, 0) is 24.3 Å². The number of carbonyl (C=O) groups is 1. The van der Waals surface area contributed by atoms with Crippen LogP contribution in [0.25, 0.3) is 22.4 Å². The van der Waals surface area contributed by atoms with E-state index in [4.69, 9.17) is 9.52 Å². The van der Waals surface area contributed by atoms with Gasteiger partial charge in [0.15, 0.2) is 0 Å². The topological polar surface area (TPSA) is 76.2 Å². The molecule has 0 bridgehead atoms. The number of likely N-dealkylation sites (N-methyl/N-ethyl adjacent to an activating group) is 1. The number of nitrogens with zero attached hydrogens (tertiary/aromatic N) is 4. The molecule has 0 radical (unpaired) electrons. The second-order valence-electron chi connectivity index (χ2n) is 7.92. The van der Waals surface area contributed by atoms with E-state index in [0.29, 0.717) is 5.82 Å². The van der Waals surface area contributed by atoms with E-state index in [1.165, 1.54) is 12.1 Å². The average molecular weight is 431 g/mol. The maximum absolute atomic E-state index is 13.5. The smallest absolute Gasteiger partial charge is 0.230 e. The number of fused-ring (bicyclic) bond motifs is 1. The zero-order valence-electron chi connectivity index (χ0n) is 17.6. The maximum atomic E-state index is 13.5. The molecule has 4 heterocycles. The Hall–Kier alpha value is -3.78. The Balaban J connectivity index is 1.52. The Bertz CT molecular complexity index is 1250. The quantitative estimate of drug-likeness (QED) is 0.518. The number of carbonyl (C=O) groups excluding carboxylic acids is 1. The van der Waals surface area contributed by atoms with Gasteiger partial charge in [0.05, 0.1) is 31.2 Å². The highest BCUT2D eigenvalue weighted by atomic mass is 19.1. The summed E-state index contributed by atoms with van der Waals surface area (Å²) < 4.78 is 20.6. The second-order valence-corrected chi connectivity index (χ2v) is 7.92. The fraction of sp³-hybridized carbons (Fsp3) is 0.208. The molecule has 32 heavy (non-hydrogen) atoms. The lowest BCUT2D eigenvalue weighted by Gasteiger charge is -2.24. The molecule has 1 N–H and O–H groups in total. The predicted octanol–water partition coefficient (Wildman–Crippen LogP) is 3.97. The third-order valence-corrected chi connectivity index (χ3v) is 5.55. The van der Waals surface area contributed by atoms with Gasteiger partial charge in [0.2, 0.25) is 5.91 Å². The van der Waals surface area contributed by atoms with Crippen LogP contribution >= 0.6 is 0 Å². The molecule has 0 atom stereocenters. The number of hydrogen-bond donors (Lipinski definition) is 1. The SMILES string of the molecule is CN1CCn2nc(-c3ccc(F)cc3)c(-c3ccnc(NC(=O)Cc4ccoc4)c3)c2C1. The lowest BCUT2D eigenvalue weighted by molar-refractivity contribution is -0.115. The molecule has 4 aromatic rings. The summed E-state index contributed by atoms with van der Waals surface area (Å²) in [5, 5.41) is 7.71. The molecular formula is C24H22FN5O2. The van der Waals surface area contributed by atoms with Crippen molar-refractivity contribution in [2.45, 2.75) is 19.5 Å². The molecule has 1 aliphatic heterocycles. The van der Waals surface area contributed by atoms with Crippen molar-refractivity contribution in [2.75, 3.05) is 18.9 Å². The summed E-state index contributed by atoms with van der Waals surface area (Å²) >= 11 is 0. The number of aromatic nitrogens is 3. The van der Waals surface area contributed by atoms with Crippen LogP contribution in [-0.4, -0.2) is 39.2 Å². The molecule has 5 rings (SSSR count). The van der Waals surface area contributed by atoms with Gasteiger partial charge >= 0.3 is 0 Å². The van der Waals surface area contributed by atoms with Crippen LogP contribution in [0.15, 0.2) is 65.6 Å². The van der Waals surface area contributed by atoms with Crippen molar-refractivity contribution in [3.05, 3.63) is 78.3 Å². The summed E-state index contributed by atoms with van der Waals surface area (Å²) in [6, 6.07) is 11.9. The van der Waals surface area contributed by atoms with Crippen LogP contribution in [0.5, 0.6) is 0 Å². The van der Waals surface area contributed by atoms with E-state index in [2.05, 4.69) is 22.2 Å². The molecule has 3 aromatic heterocycles. The van der Waals surface area contributed by atoms with Crippen LogP contribution in [0.1, 0.15) is 11.3 Å². The van der Waals surface area contributed by atoms with Crippen molar-refractivity contribution in [3.63, 3.8) is 0 Å². The highest BCUT2D eigenvalue weighted by Crippen LogP contribution is 2.37. The van der Waals surface area contributed by atoms with Gasteiger partial charge in [0.1, 0.15) is 17.3 Å². The number of pyridine rings is 1. The number of halogens is 1. The highest BCUT2D eigenvalue weighted by molar-refractivity contribution is 5.92. The third kappa shape index (κ3) is 4.04. The third-order valence-electron chi connectivity index (χ3n) is 5.55. The first-order valence-corrected chi connectivity index (χ1v) is 10.4. The van der Waals surface area contributed by atoms with E-state index in [1.807, 2.05) is 16.8 Å². The Labute approximate surface area is 184 Å². The summed E-state index contributed by atoms with van der Waals surface area (Å²) in [6.07, 6.45) is 4.97. The van der Waals surface area contributed by atoms with Crippen molar-refractivity contribution in [2.24, 2.45) is 0 Å². The molecule has 8 heteroatoms. The van der Waals surface area contributed by atoms with E-state index in [-0.39, 0.29) is 18.1 Å². The minimum atomic E-state index is -0.287. The van der Waals surface area contributed by atoms with Gasteiger partial charge in [-0.15, -0.1) is 0 Å². The molecular weight excluding hydrogens is 409 g/mol. The van der Waals surface area contributed by atoms with Gasteiger partial charge in [0.25, 0.3) is 0 Å². The number of furan rings is 1. The first kappa shape index (κ1) is 20.1. The summed E-state index contributed by atoms with van der Waals surface area (Å²) in [5.41, 5.74) is 5.38. The lowest BCUT2D eigenvalue weighted by Crippen LogP contribution is -2.30.